The smallest absolute Gasteiger partial charge is 0.355 e. The molecule has 1 heterocycles. The third-order valence-corrected chi connectivity index (χ3v) is 4.23. The Morgan fingerprint density at radius 2 is 1.96 bits per heavy atom. The van der Waals surface area contributed by atoms with E-state index in [4.69, 9.17) is 23.2 Å². The van der Waals surface area contributed by atoms with Crippen LogP contribution in [0.3, 0.4) is 0 Å². The van der Waals surface area contributed by atoms with Crippen molar-refractivity contribution in [2.24, 2.45) is 0 Å². The van der Waals surface area contributed by atoms with E-state index in [0.717, 1.165) is 4.31 Å². The van der Waals surface area contributed by atoms with Crippen LogP contribution in [0.1, 0.15) is 12.4 Å². The largest absolute Gasteiger partial charge is 0.755 e. The van der Waals surface area contributed by atoms with E-state index < -0.39 is 23.5 Å². The first-order valence-electron chi connectivity index (χ1n) is 5.94. The van der Waals surface area contributed by atoms with Crippen molar-refractivity contribution in [1.29, 1.82) is 0 Å². The quantitative estimate of drug-likeness (QED) is 0.755. The molecule has 1 unspecified atom stereocenters. The second-order valence-electron chi connectivity index (χ2n) is 4.36. The van der Waals surface area contributed by atoms with Gasteiger partial charge in [0.15, 0.2) is 0 Å². The lowest BCUT2D eigenvalue weighted by molar-refractivity contribution is 0.0640. The third-order valence-electron chi connectivity index (χ3n) is 2.98. The zero-order chi connectivity index (χ0) is 17.5. The molecule has 23 heavy (non-hydrogen) atoms. The maximum Gasteiger partial charge on any atom is 0.355 e. The van der Waals surface area contributed by atoms with Gasteiger partial charge < -0.3 is 8.86 Å². The first-order valence-corrected chi connectivity index (χ1v) is 7.72. The summed E-state index contributed by atoms with van der Waals surface area (Å²) in [6.07, 6.45) is 0. The zero-order valence-corrected chi connectivity index (χ0v) is 14.0. The molecule has 1 atom stereocenters. The molecule has 0 aliphatic carbocycles. The van der Waals surface area contributed by atoms with E-state index in [-0.39, 0.29) is 31.8 Å². The van der Waals surface area contributed by atoms with Gasteiger partial charge in [0, 0.05) is 18.3 Å². The highest BCUT2D eigenvalue weighted by molar-refractivity contribution is 7.80. The highest BCUT2D eigenvalue weighted by Gasteiger charge is 2.21. The third kappa shape index (κ3) is 3.25. The standard InChI is InChI=1S/C11H10Cl2F2N4O3S/c1-5-16-19(11(20)18(5)10(14)15)9-4-8(17(2)23(21)22)6(12)3-7(9)13/h3-4,10H,1-2H3,(H,21,22)/p-1. The van der Waals surface area contributed by atoms with Gasteiger partial charge in [0.2, 0.25) is 0 Å². The molecular formula is C11H9Cl2F2N4O3S-. The number of hydrogen-bond acceptors (Lipinski definition) is 4. The first-order chi connectivity index (χ1) is 10.6. The fourth-order valence-electron chi connectivity index (χ4n) is 1.87. The van der Waals surface area contributed by atoms with Crippen LogP contribution < -0.4 is 9.99 Å². The van der Waals surface area contributed by atoms with Gasteiger partial charge in [-0.3, -0.25) is 4.21 Å². The molecule has 0 radical (unpaired) electrons. The number of aryl methyl sites for hydroxylation is 1. The Labute approximate surface area is 141 Å². The van der Waals surface area contributed by atoms with E-state index in [1.165, 1.54) is 26.1 Å². The maximum atomic E-state index is 12.9. The highest BCUT2D eigenvalue weighted by atomic mass is 35.5. The van der Waals surface area contributed by atoms with Crippen molar-refractivity contribution in [3.05, 3.63) is 38.5 Å². The monoisotopic (exact) mass is 385 g/mol. The van der Waals surface area contributed by atoms with Gasteiger partial charge in [0.1, 0.15) is 5.82 Å². The lowest BCUT2D eigenvalue weighted by Gasteiger charge is -2.23. The molecular weight excluding hydrogens is 377 g/mol. The van der Waals surface area contributed by atoms with Crippen LogP contribution in [-0.2, 0) is 11.3 Å². The summed E-state index contributed by atoms with van der Waals surface area (Å²) in [6, 6.07) is 2.37. The average molecular weight is 386 g/mol. The zero-order valence-electron chi connectivity index (χ0n) is 11.7. The number of aromatic nitrogens is 3. The molecule has 0 aliphatic rings. The van der Waals surface area contributed by atoms with E-state index in [2.05, 4.69) is 5.10 Å². The van der Waals surface area contributed by atoms with Crippen LogP contribution in [-0.4, -0.2) is 30.2 Å². The predicted molar refractivity (Wildman–Crippen MR) is 81.2 cm³/mol. The van der Waals surface area contributed by atoms with Crippen molar-refractivity contribution < 1.29 is 17.5 Å². The van der Waals surface area contributed by atoms with Crippen molar-refractivity contribution in [3.8, 4) is 5.69 Å². The van der Waals surface area contributed by atoms with Crippen LogP contribution in [0.15, 0.2) is 16.9 Å². The molecule has 126 valence electrons. The molecule has 1 aromatic carbocycles. The highest BCUT2D eigenvalue weighted by Crippen LogP contribution is 2.33. The van der Waals surface area contributed by atoms with Crippen molar-refractivity contribution in [3.63, 3.8) is 0 Å². The Morgan fingerprint density at radius 1 is 1.35 bits per heavy atom. The summed E-state index contributed by atoms with van der Waals surface area (Å²) in [4.78, 5) is 12.0. The lowest BCUT2D eigenvalue weighted by Crippen LogP contribution is -2.25. The molecule has 2 rings (SSSR count). The number of rotatable bonds is 4. The first kappa shape index (κ1) is 17.9. The number of benzene rings is 1. The molecule has 0 aliphatic heterocycles. The topological polar surface area (TPSA) is 83.2 Å². The van der Waals surface area contributed by atoms with Crippen molar-refractivity contribution in [2.45, 2.75) is 13.5 Å². The minimum absolute atomic E-state index is 0.00325. The SMILES string of the molecule is Cc1nn(-c2cc(N(C)S(=O)[O-])c(Cl)cc2Cl)c(=O)n1C(F)F. The molecule has 0 N–H and O–H groups in total. The average Bonchev–Trinajstić information content (AvgIpc) is 2.73. The van der Waals surface area contributed by atoms with Crippen molar-refractivity contribution >= 4 is 40.2 Å². The van der Waals surface area contributed by atoms with Gasteiger partial charge in [-0.05, 0) is 19.1 Å². The number of alkyl halides is 2. The summed E-state index contributed by atoms with van der Waals surface area (Å²) in [5.41, 5.74) is -1.18. The maximum absolute atomic E-state index is 12.9. The van der Waals surface area contributed by atoms with Crippen LogP contribution >= 0.6 is 23.2 Å². The molecule has 0 amide bonds. The summed E-state index contributed by atoms with van der Waals surface area (Å²) in [5, 5.41) is 3.68. The Bertz CT molecular complexity index is 839. The molecule has 7 nitrogen and oxygen atoms in total. The van der Waals surface area contributed by atoms with Crippen molar-refractivity contribution in [2.75, 3.05) is 11.4 Å². The molecule has 0 spiro atoms. The Balaban J connectivity index is 2.70. The van der Waals surface area contributed by atoms with E-state index >= 15 is 0 Å². The summed E-state index contributed by atoms with van der Waals surface area (Å²) in [5.74, 6) is -0.224. The Kier molecular flexibility index (Phi) is 5.09. The van der Waals surface area contributed by atoms with Gasteiger partial charge in [-0.25, -0.2) is 9.36 Å². The predicted octanol–water partition coefficient (Wildman–Crippen LogP) is 2.27. The van der Waals surface area contributed by atoms with Gasteiger partial charge in [0.25, 0.3) is 0 Å². The molecule has 0 saturated heterocycles. The molecule has 12 heteroatoms. The van der Waals surface area contributed by atoms with Crippen molar-refractivity contribution in [1.82, 2.24) is 14.3 Å². The van der Waals surface area contributed by atoms with Crippen LogP contribution in [0.4, 0.5) is 14.5 Å². The molecule has 0 fully saturated rings. The van der Waals surface area contributed by atoms with Crippen LogP contribution in [0.5, 0.6) is 0 Å². The van der Waals surface area contributed by atoms with E-state index in [0.29, 0.717) is 4.68 Å². The molecule has 1 aromatic heterocycles. The second-order valence-corrected chi connectivity index (χ2v) is 6.16. The van der Waals surface area contributed by atoms with Gasteiger partial charge >= 0.3 is 12.2 Å². The fourth-order valence-corrected chi connectivity index (χ4v) is 2.82. The minimum Gasteiger partial charge on any atom is -0.755 e. The van der Waals surface area contributed by atoms with E-state index in [1.807, 2.05) is 0 Å². The number of halogens is 4. The van der Waals surface area contributed by atoms with Crippen LogP contribution in [0.25, 0.3) is 5.69 Å². The Morgan fingerprint density at radius 3 is 2.43 bits per heavy atom. The van der Waals surface area contributed by atoms with Gasteiger partial charge in [-0.2, -0.15) is 13.5 Å². The summed E-state index contributed by atoms with van der Waals surface area (Å²) >= 11 is 9.27. The number of hydrogen-bond donors (Lipinski definition) is 0. The van der Waals surface area contributed by atoms with Crippen LogP contribution in [0, 0.1) is 6.92 Å². The van der Waals surface area contributed by atoms with Gasteiger partial charge in [-0.15, -0.1) is 5.10 Å². The summed E-state index contributed by atoms with van der Waals surface area (Å²) in [6.45, 7) is -1.84. The second kappa shape index (κ2) is 6.56. The fraction of sp³-hybridized carbons (Fsp3) is 0.273. The lowest BCUT2D eigenvalue weighted by atomic mass is 10.2. The normalized spacial score (nSPS) is 12.7. The van der Waals surface area contributed by atoms with Gasteiger partial charge in [-0.1, -0.05) is 23.2 Å². The molecule has 0 saturated carbocycles. The van der Waals surface area contributed by atoms with Gasteiger partial charge in [0.05, 0.1) is 21.4 Å². The summed E-state index contributed by atoms with van der Waals surface area (Å²) < 4.78 is 49.4. The number of anilines is 1. The van der Waals surface area contributed by atoms with E-state index in [9.17, 15) is 22.3 Å². The minimum atomic E-state index is -3.07. The van der Waals surface area contributed by atoms with Crippen LogP contribution in [0.2, 0.25) is 10.0 Å². The Hall–Kier alpha value is -1.49. The molecule has 2 aromatic rings. The number of nitrogens with zero attached hydrogens (tertiary/aromatic N) is 4. The molecule has 0 bridgehead atoms. The van der Waals surface area contributed by atoms with E-state index in [1.54, 1.807) is 0 Å². The summed E-state index contributed by atoms with van der Waals surface area (Å²) in [7, 11) is 1.22.